The Labute approximate surface area is 120 Å². The van der Waals surface area contributed by atoms with Gasteiger partial charge in [-0.2, -0.15) is 0 Å². The summed E-state index contributed by atoms with van der Waals surface area (Å²) in [6.45, 7) is 1.69. The number of nitrogens with zero attached hydrogens (tertiary/aromatic N) is 1. The van der Waals surface area contributed by atoms with Crippen molar-refractivity contribution in [2.45, 2.75) is 6.92 Å². The molecule has 1 aromatic heterocycles. The van der Waals surface area contributed by atoms with Gasteiger partial charge in [-0.15, -0.1) is 0 Å². The van der Waals surface area contributed by atoms with Crippen LogP contribution in [0.15, 0.2) is 36.5 Å². The molecule has 0 aliphatic rings. The summed E-state index contributed by atoms with van der Waals surface area (Å²) in [5.74, 6) is -1.48. The van der Waals surface area contributed by atoms with Crippen LogP contribution in [0.2, 0.25) is 5.15 Å². The van der Waals surface area contributed by atoms with Gasteiger partial charge in [-0.05, 0) is 36.8 Å². The van der Waals surface area contributed by atoms with Crippen molar-refractivity contribution in [1.29, 1.82) is 0 Å². The zero-order valence-corrected chi connectivity index (χ0v) is 11.3. The van der Waals surface area contributed by atoms with Gasteiger partial charge in [0.2, 0.25) is 0 Å². The molecule has 102 valence electrons. The Morgan fingerprint density at radius 1 is 1.25 bits per heavy atom. The van der Waals surface area contributed by atoms with Gasteiger partial charge in [0.15, 0.2) is 0 Å². The average Bonchev–Trinajstić information content (AvgIpc) is 2.41. The number of rotatable bonds is 3. The van der Waals surface area contributed by atoms with Gasteiger partial charge in [-0.1, -0.05) is 17.7 Å². The van der Waals surface area contributed by atoms with Crippen molar-refractivity contribution in [1.82, 2.24) is 4.98 Å². The number of carbonyl (C=O) groups excluding carboxylic acids is 1. The Morgan fingerprint density at radius 2 is 2.00 bits per heavy atom. The van der Waals surface area contributed by atoms with Crippen LogP contribution in [0, 0.1) is 6.92 Å². The maximum absolute atomic E-state index is 12.0. The number of halogens is 1. The van der Waals surface area contributed by atoms with Crippen molar-refractivity contribution in [3.8, 4) is 0 Å². The molecular weight excluding hydrogens is 280 g/mol. The molecule has 0 radical (unpaired) electrons. The third-order valence-electron chi connectivity index (χ3n) is 2.73. The lowest BCUT2D eigenvalue weighted by atomic mass is 10.1. The monoisotopic (exact) mass is 290 g/mol. The van der Waals surface area contributed by atoms with E-state index in [0.29, 0.717) is 11.3 Å². The lowest BCUT2D eigenvalue weighted by Gasteiger charge is -2.08. The van der Waals surface area contributed by atoms with Crippen LogP contribution in [0.4, 0.5) is 5.69 Å². The van der Waals surface area contributed by atoms with Crippen LogP contribution in [0.25, 0.3) is 0 Å². The van der Waals surface area contributed by atoms with E-state index in [1.807, 2.05) is 0 Å². The number of aromatic carboxylic acids is 1. The third-order valence-corrected chi connectivity index (χ3v) is 3.03. The summed E-state index contributed by atoms with van der Waals surface area (Å²) in [6.07, 6.45) is 1.48. The largest absolute Gasteiger partial charge is 0.478 e. The smallest absolute Gasteiger partial charge is 0.336 e. The lowest BCUT2D eigenvalue weighted by molar-refractivity contribution is 0.0695. The molecule has 6 heteroatoms. The van der Waals surface area contributed by atoms with Gasteiger partial charge in [-0.3, -0.25) is 4.79 Å². The summed E-state index contributed by atoms with van der Waals surface area (Å²) in [5, 5.41) is 11.7. The Morgan fingerprint density at radius 3 is 2.65 bits per heavy atom. The zero-order valence-electron chi connectivity index (χ0n) is 10.6. The average molecular weight is 291 g/mol. The lowest BCUT2D eigenvalue weighted by Crippen LogP contribution is -2.13. The Bertz CT molecular complexity index is 686. The SMILES string of the molecule is Cc1ccc(NC(=O)c2cccnc2Cl)cc1C(=O)O. The number of aryl methyl sites for hydroxylation is 1. The van der Waals surface area contributed by atoms with Crippen molar-refractivity contribution >= 4 is 29.2 Å². The third kappa shape index (κ3) is 2.95. The summed E-state index contributed by atoms with van der Waals surface area (Å²) in [7, 11) is 0. The van der Waals surface area contributed by atoms with Crippen molar-refractivity contribution < 1.29 is 14.7 Å². The first-order valence-electron chi connectivity index (χ1n) is 5.75. The maximum atomic E-state index is 12.0. The normalized spacial score (nSPS) is 10.1. The number of anilines is 1. The highest BCUT2D eigenvalue weighted by Crippen LogP contribution is 2.18. The number of nitrogens with one attached hydrogen (secondary N) is 1. The van der Waals surface area contributed by atoms with Crippen LogP contribution in [0.5, 0.6) is 0 Å². The molecule has 0 fully saturated rings. The number of hydrogen-bond donors (Lipinski definition) is 2. The molecule has 2 rings (SSSR count). The summed E-state index contributed by atoms with van der Waals surface area (Å²) in [4.78, 5) is 26.9. The maximum Gasteiger partial charge on any atom is 0.336 e. The van der Waals surface area contributed by atoms with E-state index in [1.54, 1.807) is 25.1 Å². The predicted molar refractivity (Wildman–Crippen MR) is 75.3 cm³/mol. The van der Waals surface area contributed by atoms with Crippen molar-refractivity contribution in [3.63, 3.8) is 0 Å². The van der Waals surface area contributed by atoms with E-state index in [-0.39, 0.29) is 16.3 Å². The van der Waals surface area contributed by atoms with Crippen LogP contribution in [0.1, 0.15) is 26.3 Å². The molecule has 0 aliphatic heterocycles. The van der Waals surface area contributed by atoms with E-state index in [0.717, 1.165) is 0 Å². The van der Waals surface area contributed by atoms with E-state index in [2.05, 4.69) is 10.3 Å². The van der Waals surface area contributed by atoms with Crippen molar-refractivity contribution in [2.24, 2.45) is 0 Å². The molecule has 5 nitrogen and oxygen atoms in total. The van der Waals surface area contributed by atoms with Gasteiger partial charge in [0.05, 0.1) is 11.1 Å². The summed E-state index contributed by atoms with van der Waals surface area (Å²) in [5.41, 5.74) is 1.37. The number of carboxylic acid groups (broad SMARTS) is 1. The second-order valence-electron chi connectivity index (χ2n) is 4.13. The second kappa shape index (κ2) is 5.71. The van der Waals surface area contributed by atoms with Gasteiger partial charge in [-0.25, -0.2) is 9.78 Å². The zero-order chi connectivity index (χ0) is 14.7. The minimum atomic E-state index is -1.04. The van der Waals surface area contributed by atoms with E-state index < -0.39 is 11.9 Å². The van der Waals surface area contributed by atoms with Crippen molar-refractivity contribution in [3.05, 3.63) is 58.4 Å². The van der Waals surface area contributed by atoms with Gasteiger partial charge in [0.1, 0.15) is 5.15 Å². The summed E-state index contributed by atoms with van der Waals surface area (Å²) in [6, 6.07) is 7.79. The van der Waals surface area contributed by atoms with Gasteiger partial charge in [0, 0.05) is 11.9 Å². The summed E-state index contributed by atoms with van der Waals surface area (Å²) < 4.78 is 0. The van der Waals surface area contributed by atoms with E-state index in [1.165, 1.54) is 18.3 Å². The van der Waals surface area contributed by atoms with Crippen LogP contribution in [-0.2, 0) is 0 Å². The fourth-order valence-electron chi connectivity index (χ4n) is 1.68. The van der Waals surface area contributed by atoms with Crippen molar-refractivity contribution in [2.75, 3.05) is 5.32 Å². The quantitative estimate of drug-likeness (QED) is 0.852. The highest BCUT2D eigenvalue weighted by molar-refractivity contribution is 6.33. The molecule has 1 amide bonds. The Hall–Kier alpha value is -2.40. The number of carboxylic acids is 1. The van der Waals surface area contributed by atoms with Crippen LogP contribution < -0.4 is 5.32 Å². The minimum absolute atomic E-state index is 0.0931. The van der Waals surface area contributed by atoms with Gasteiger partial charge >= 0.3 is 5.97 Å². The molecule has 20 heavy (non-hydrogen) atoms. The molecule has 0 saturated heterocycles. The topological polar surface area (TPSA) is 79.3 Å². The first kappa shape index (κ1) is 14.0. The number of benzene rings is 1. The molecule has 0 spiro atoms. The molecule has 0 aliphatic carbocycles. The van der Waals surface area contributed by atoms with E-state index in [9.17, 15) is 9.59 Å². The highest BCUT2D eigenvalue weighted by Gasteiger charge is 2.13. The number of pyridine rings is 1. The Kier molecular flexibility index (Phi) is 4.00. The fraction of sp³-hybridized carbons (Fsp3) is 0.0714. The number of carbonyl (C=O) groups is 2. The molecule has 0 bridgehead atoms. The molecule has 2 N–H and O–H groups in total. The van der Waals surface area contributed by atoms with E-state index in [4.69, 9.17) is 16.7 Å². The second-order valence-corrected chi connectivity index (χ2v) is 4.49. The molecule has 0 unspecified atom stereocenters. The standard InChI is InChI=1S/C14H11ClN2O3/c1-8-4-5-9(7-11(8)14(19)20)17-13(18)10-3-2-6-16-12(10)15/h2-7H,1H3,(H,17,18)(H,19,20). The van der Waals surface area contributed by atoms with Gasteiger partial charge < -0.3 is 10.4 Å². The number of amides is 1. The fourth-order valence-corrected chi connectivity index (χ4v) is 1.89. The van der Waals surface area contributed by atoms with E-state index >= 15 is 0 Å². The summed E-state index contributed by atoms with van der Waals surface area (Å²) >= 11 is 5.83. The predicted octanol–water partition coefficient (Wildman–Crippen LogP) is 2.99. The first-order chi connectivity index (χ1) is 9.49. The molecule has 0 atom stereocenters. The molecular formula is C14H11ClN2O3. The Balaban J connectivity index is 2.27. The number of aromatic nitrogens is 1. The minimum Gasteiger partial charge on any atom is -0.478 e. The first-order valence-corrected chi connectivity index (χ1v) is 6.12. The molecule has 2 aromatic rings. The van der Waals surface area contributed by atoms with Crippen LogP contribution in [0.3, 0.4) is 0 Å². The molecule has 0 saturated carbocycles. The van der Waals surface area contributed by atoms with Crippen LogP contribution in [-0.4, -0.2) is 22.0 Å². The van der Waals surface area contributed by atoms with Gasteiger partial charge in [0.25, 0.3) is 5.91 Å². The number of hydrogen-bond acceptors (Lipinski definition) is 3. The van der Waals surface area contributed by atoms with Crippen LogP contribution >= 0.6 is 11.6 Å². The highest BCUT2D eigenvalue weighted by atomic mass is 35.5. The molecule has 1 heterocycles. The molecule has 1 aromatic carbocycles.